The summed E-state index contributed by atoms with van der Waals surface area (Å²) >= 11 is 2.01. The molecule has 0 fully saturated rings. The Morgan fingerprint density at radius 3 is 2.33 bits per heavy atom. The van der Waals surface area contributed by atoms with Gasteiger partial charge in [0, 0.05) is 18.0 Å². The van der Waals surface area contributed by atoms with Crippen molar-refractivity contribution in [2.45, 2.75) is 17.5 Å². The number of alkyl halides is 1. The van der Waals surface area contributed by atoms with Crippen LogP contribution in [0, 0.1) is 5.92 Å². The van der Waals surface area contributed by atoms with Crippen LogP contribution in [-0.4, -0.2) is 15.1 Å². The average Bonchev–Trinajstić information content (AvgIpc) is 2.06. The van der Waals surface area contributed by atoms with Gasteiger partial charge in [-0.2, -0.15) is 0 Å². The highest BCUT2D eigenvalue weighted by atomic mass is 127. The fraction of sp³-hybridized carbons (Fsp3) is 0.500. The van der Waals surface area contributed by atoms with Gasteiger partial charge in [-0.3, -0.25) is 0 Å². The number of nitrogens with zero attached hydrogens (tertiary/aromatic N) is 2. The molecule has 3 nitrogen and oxygen atoms in total. The molecule has 4 heteroatoms. The Morgan fingerprint density at radius 2 is 1.92 bits per heavy atom. The van der Waals surface area contributed by atoms with E-state index in [1.54, 1.807) is 12.4 Å². The smallest absolute Gasteiger partial charge is 0.146 e. The summed E-state index contributed by atoms with van der Waals surface area (Å²) in [5.41, 5.74) is 0.751. The van der Waals surface area contributed by atoms with Crippen LogP contribution in [0.2, 0.25) is 0 Å². The Morgan fingerprint density at radius 1 is 1.42 bits per heavy atom. The number of hydrogen-bond donors (Lipinski definition) is 1. The molecule has 0 aliphatic heterocycles. The van der Waals surface area contributed by atoms with Crippen molar-refractivity contribution in [1.29, 1.82) is 0 Å². The molecule has 0 bridgehead atoms. The van der Waals surface area contributed by atoms with Gasteiger partial charge in [0.05, 0.1) is 0 Å². The fourth-order valence-corrected chi connectivity index (χ4v) is 1.09. The van der Waals surface area contributed by atoms with Crippen LogP contribution in [0.3, 0.4) is 0 Å². The van der Waals surface area contributed by atoms with Crippen LogP contribution in [0.5, 0.6) is 0 Å². The lowest BCUT2D eigenvalue weighted by Gasteiger charge is -2.24. The predicted octanol–water partition coefficient (Wildman–Crippen LogP) is 1.71. The van der Waals surface area contributed by atoms with Gasteiger partial charge in [0.2, 0.25) is 0 Å². The summed E-state index contributed by atoms with van der Waals surface area (Å²) in [6.45, 7) is 3.92. The van der Waals surface area contributed by atoms with E-state index in [4.69, 9.17) is 0 Å². The van der Waals surface area contributed by atoms with Gasteiger partial charge in [-0.05, 0) is 28.5 Å². The van der Waals surface area contributed by atoms with E-state index in [0.29, 0.717) is 0 Å². The average molecular weight is 278 g/mol. The first-order valence-corrected chi connectivity index (χ1v) is 4.79. The molecule has 0 aliphatic carbocycles. The van der Waals surface area contributed by atoms with Crippen molar-refractivity contribution in [2.75, 3.05) is 0 Å². The van der Waals surface area contributed by atoms with Gasteiger partial charge in [0.1, 0.15) is 9.94 Å². The lowest BCUT2D eigenvalue weighted by Crippen LogP contribution is -2.24. The minimum absolute atomic E-state index is 0.143. The van der Waals surface area contributed by atoms with Crippen molar-refractivity contribution < 1.29 is 5.11 Å². The molecule has 1 aromatic rings. The van der Waals surface area contributed by atoms with Crippen LogP contribution in [0.1, 0.15) is 19.4 Å². The monoisotopic (exact) mass is 278 g/mol. The lowest BCUT2D eigenvalue weighted by molar-refractivity contribution is 0.105. The minimum Gasteiger partial charge on any atom is -0.375 e. The predicted molar refractivity (Wildman–Crippen MR) is 54.8 cm³/mol. The summed E-state index contributed by atoms with van der Waals surface area (Å²) in [6, 6.07) is 0. The third-order valence-corrected chi connectivity index (χ3v) is 3.60. The first-order chi connectivity index (χ1) is 5.55. The highest BCUT2D eigenvalue weighted by molar-refractivity contribution is 14.1. The molecule has 1 unspecified atom stereocenters. The third kappa shape index (κ3) is 1.92. The summed E-state index contributed by atoms with van der Waals surface area (Å²) in [6.07, 6.45) is 4.73. The lowest BCUT2D eigenvalue weighted by atomic mass is 10.0. The Hall–Kier alpha value is -0.230. The SMILES string of the molecule is CC(C)C(O)(I)c1cncnc1. The second-order valence-electron chi connectivity index (χ2n) is 2.96. The zero-order valence-corrected chi connectivity index (χ0v) is 9.19. The van der Waals surface area contributed by atoms with E-state index < -0.39 is 3.61 Å². The molecule has 1 heterocycles. The first-order valence-electron chi connectivity index (χ1n) is 3.72. The van der Waals surface area contributed by atoms with Crippen LogP contribution in [0.15, 0.2) is 18.7 Å². The highest BCUT2D eigenvalue weighted by Gasteiger charge is 2.29. The van der Waals surface area contributed by atoms with Gasteiger partial charge in [-0.15, -0.1) is 0 Å². The Balaban J connectivity index is 2.98. The number of rotatable bonds is 2. The number of aromatic nitrogens is 2. The van der Waals surface area contributed by atoms with Crippen molar-refractivity contribution >= 4 is 22.6 Å². The number of hydrogen-bond acceptors (Lipinski definition) is 3. The second-order valence-corrected chi connectivity index (χ2v) is 4.60. The normalized spacial score (nSPS) is 16.1. The van der Waals surface area contributed by atoms with E-state index in [1.165, 1.54) is 6.33 Å². The zero-order valence-electron chi connectivity index (χ0n) is 7.03. The van der Waals surface area contributed by atoms with E-state index >= 15 is 0 Å². The molecule has 0 aromatic carbocycles. The molecule has 12 heavy (non-hydrogen) atoms. The van der Waals surface area contributed by atoms with Crippen molar-refractivity contribution in [3.05, 3.63) is 24.3 Å². The van der Waals surface area contributed by atoms with Crippen molar-refractivity contribution in [3.8, 4) is 0 Å². The van der Waals surface area contributed by atoms with E-state index in [1.807, 2.05) is 36.4 Å². The summed E-state index contributed by atoms with van der Waals surface area (Å²) in [5.74, 6) is 0.143. The summed E-state index contributed by atoms with van der Waals surface area (Å²) in [4.78, 5) is 7.71. The quantitative estimate of drug-likeness (QED) is 0.661. The number of aliphatic hydroxyl groups is 1. The Labute approximate surface area is 85.4 Å². The molecule has 0 saturated carbocycles. The van der Waals surface area contributed by atoms with Crippen LogP contribution in [0.25, 0.3) is 0 Å². The molecular formula is C8H11IN2O. The van der Waals surface area contributed by atoms with Crippen LogP contribution >= 0.6 is 22.6 Å². The number of halogens is 1. The zero-order chi connectivity index (χ0) is 9.19. The van der Waals surface area contributed by atoms with Gasteiger partial charge in [-0.1, -0.05) is 13.8 Å². The van der Waals surface area contributed by atoms with Gasteiger partial charge >= 0.3 is 0 Å². The summed E-state index contributed by atoms with van der Waals surface area (Å²) in [7, 11) is 0. The van der Waals surface area contributed by atoms with Gasteiger partial charge in [0.15, 0.2) is 0 Å². The van der Waals surface area contributed by atoms with E-state index in [-0.39, 0.29) is 5.92 Å². The van der Waals surface area contributed by atoms with E-state index in [9.17, 15) is 5.11 Å². The van der Waals surface area contributed by atoms with Crippen LogP contribution < -0.4 is 0 Å². The second kappa shape index (κ2) is 3.66. The molecule has 66 valence electrons. The summed E-state index contributed by atoms with van der Waals surface area (Å²) < 4.78 is -0.862. The molecule has 0 aliphatic rings. The van der Waals surface area contributed by atoms with Gasteiger partial charge < -0.3 is 5.11 Å². The topological polar surface area (TPSA) is 46.0 Å². The Bertz CT molecular complexity index is 248. The molecule has 1 atom stereocenters. The molecular weight excluding hydrogens is 267 g/mol. The fourth-order valence-electron chi connectivity index (χ4n) is 0.813. The molecule has 0 amide bonds. The van der Waals surface area contributed by atoms with Crippen molar-refractivity contribution in [3.63, 3.8) is 0 Å². The van der Waals surface area contributed by atoms with Crippen LogP contribution in [0.4, 0.5) is 0 Å². The molecule has 0 saturated heterocycles. The maximum Gasteiger partial charge on any atom is 0.146 e. The molecule has 0 radical (unpaired) electrons. The Kier molecular flexibility index (Phi) is 3.00. The van der Waals surface area contributed by atoms with Crippen molar-refractivity contribution in [1.82, 2.24) is 9.97 Å². The first kappa shape index (κ1) is 9.85. The summed E-state index contributed by atoms with van der Waals surface area (Å²) in [5, 5.41) is 9.97. The van der Waals surface area contributed by atoms with Crippen LogP contribution in [-0.2, 0) is 3.61 Å². The third-order valence-electron chi connectivity index (χ3n) is 1.73. The molecule has 1 N–H and O–H groups in total. The standard InChI is InChI=1S/C8H11IN2O/c1-6(2)8(9,12)7-3-10-5-11-4-7/h3-6,12H,1-2H3. The maximum atomic E-state index is 9.97. The minimum atomic E-state index is -0.862. The largest absolute Gasteiger partial charge is 0.375 e. The molecule has 1 aromatic heterocycles. The van der Waals surface area contributed by atoms with Gasteiger partial charge in [-0.25, -0.2) is 9.97 Å². The van der Waals surface area contributed by atoms with Gasteiger partial charge in [0.25, 0.3) is 0 Å². The molecule has 0 spiro atoms. The van der Waals surface area contributed by atoms with E-state index in [2.05, 4.69) is 9.97 Å². The molecule has 1 rings (SSSR count). The van der Waals surface area contributed by atoms with Crippen molar-refractivity contribution in [2.24, 2.45) is 5.92 Å². The highest BCUT2D eigenvalue weighted by Crippen LogP contribution is 2.35. The van der Waals surface area contributed by atoms with E-state index in [0.717, 1.165) is 5.56 Å². The maximum absolute atomic E-state index is 9.97.